The number of nitriles is 2. The number of furan rings is 1. The first kappa shape index (κ1) is 40.1. The summed E-state index contributed by atoms with van der Waals surface area (Å²) in [6, 6.07) is 72.0. The summed E-state index contributed by atoms with van der Waals surface area (Å²) < 4.78 is 15.9. The van der Waals surface area contributed by atoms with Crippen molar-refractivity contribution in [2.24, 2.45) is 0 Å². The van der Waals surface area contributed by atoms with E-state index < -0.39 is 0 Å². The summed E-state index contributed by atoms with van der Waals surface area (Å²) in [5, 5.41) is 35.6. The molecule has 0 spiro atoms. The summed E-state index contributed by atoms with van der Waals surface area (Å²) in [6.45, 7) is 0. The third kappa shape index (κ3) is 5.38. The fraction of sp³-hybridized carbons (Fsp3) is 0.0303. The van der Waals surface area contributed by atoms with Gasteiger partial charge in [0.25, 0.3) is 0 Å². The molecule has 15 aromatic rings. The van der Waals surface area contributed by atoms with Gasteiger partial charge in [-0.15, -0.1) is 11.3 Å². The number of benzene rings is 10. The summed E-state index contributed by atoms with van der Waals surface area (Å²) in [7, 11) is 0. The van der Waals surface area contributed by atoms with Crippen molar-refractivity contribution >= 4 is 125 Å². The Morgan fingerprint density at radius 3 is 1.60 bits per heavy atom. The van der Waals surface area contributed by atoms with Crippen LogP contribution in [-0.2, 0) is 6.42 Å². The summed E-state index contributed by atoms with van der Waals surface area (Å²) in [6.07, 6.45) is 6.41. The van der Waals surface area contributed by atoms with Crippen LogP contribution in [-0.4, -0.2) is 13.7 Å². The maximum absolute atomic E-state index is 12.5. The number of rotatable bonds is 4. The zero-order chi connectivity index (χ0) is 48.1. The van der Waals surface area contributed by atoms with Crippen LogP contribution in [0.1, 0.15) is 28.7 Å². The number of fused-ring (bicyclic) bond motifs is 17. The first-order valence-electron chi connectivity index (χ1n) is 24.7. The lowest BCUT2D eigenvalue weighted by Gasteiger charge is -2.26. The molecule has 0 N–H and O–H groups in total. The number of hydrogen-bond acceptors (Lipinski definition) is 4. The first-order chi connectivity index (χ1) is 36.2. The first-order valence-corrected chi connectivity index (χ1v) is 25.5. The van der Waals surface area contributed by atoms with Gasteiger partial charge in [0, 0.05) is 74.9 Å². The van der Waals surface area contributed by atoms with Gasteiger partial charge >= 0.3 is 0 Å². The van der Waals surface area contributed by atoms with Crippen molar-refractivity contribution in [1.82, 2.24) is 13.7 Å². The Hall–Kier alpha value is -9.66. The molecule has 1 aliphatic rings. The maximum atomic E-state index is 12.5. The Balaban J connectivity index is 1.20. The van der Waals surface area contributed by atoms with Gasteiger partial charge in [-0.3, -0.25) is 0 Å². The highest BCUT2D eigenvalue weighted by atomic mass is 32.1. The van der Waals surface area contributed by atoms with Gasteiger partial charge in [0.1, 0.15) is 34.4 Å². The van der Waals surface area contributed by atoms with Crippen LogP contribution in [0.15, 0.2) is 199 Å². The van der Waals surface area contributed by atoms with E-state index in [0.29, 0.717) is 28.2 Å². The van der Waals surface area contributed by atoms with Gasteiger partial charge in [0.15, 0.2) is 0 Å². The third-order valence-corrected chi connectivity index (χ3v) is 16.7. The van der Waals surface area contributed by atoms with Crippen molar-refractivity contribution in [1.29, 1.82) is 10.5 Å². The van der Waals surface area contributed by atoms with Crippen molar-refractivity contribution in [3.63, 3.8) is 0 Å². The van der Waals surface area contributed by atoms with Crippen LogP contribution in [0.5, 0.6) is 0 Å². The topological polar surface area (TPSA) is 75.5 Å². The lowest BCUT2D eigenvalue weighted by atomic mass is 9.90. The Labute approximate surface area is 420 Å². The molecule has 73 heavy (non-hydrogen) atoms. The van der Waals surface area contributed by atoms with E-state index >= 15 is 0 Å². The lowest BCUT2D eigenvalue weighted by molar-refractivity contribution is 0.669. The normalized spacial score (nSPS) is 12.7. The quantitative estimate of drug-likeness (QED) is 0.176. The molecule has 5 aromatic heterocycles. The minimum absolute atomic E-state index is 0.384. The molecular weight excluding hydrogens is 911 g/mol. The average Bonchev–Trinajstić information content (AvgIpc) is 4.25. The van der Waals surface area contributed by atoms with Crippen molar-refractivity contribution in [3.8, 4) is 40.3 Å². The molecule has 1 aliphatic carbocycles. The van der Waals surface area contributed by atoms with Gasteiger partial charge in [-0.1, -0.05) is 133 Å². The monoisotopic (exact) mass is 947 g/mol. The Bertz CT molecular complexity index is 4810. The molecule has 0 saturated carbocycles. The van der Waals surface area contributed by atoms with E-state index in [2.05, 4.69) is 214 Å². The number of aryl methyl sites for hydroxylation is 1. The molecule has 0 atom stereocenters. The minimum atomic E-state index is 0.384. The number of allylic oxidation sites excluding steroid dienone is 1. The highest BCUT2D eigenvalue weighted by molar-refractivity contribution is 7.25. The summed E-state index contributed by atoms with van der Waals surface area (Å²) >= 11 is 1.78. The Morgan fingerprint density at radius 2 is 0.973 bits per heavy atom. The van der Waals surface area contributed by atoms with Gasteiger partial charge < -0.3 is 18.1 Å². The molecule has 16 rings (SSSR count). The number of para-hydroxylation sites is 5. The van der Waals surface area contributed by atoms with E-state index in [4.69, 9.17) is 4.42 Å². The van der Waals surface area contributed by atoms with E-state index in [9.17, 15) is 10.5 Å². The smallest absolute Gasteiger partial charge is 0.137 e. The molecule has 338 valence electrons. The third-order valence-electron chi connectivity index (χ3n) is 15.6. The van der Waals surface area contributed by atoms with E-state index in [-0.39, 0.29) is 0 Å². The number of thiophene rings is 1. The highest BCUT2D eigenvalue weighted by Crippen LogP contribution is 2.51. The van der Waals surface area contributed by atoms with E-state index in [0.717, 1.165) is 122 Å². The number of aromatic nitrogens is 3. The predicted molar refractivity (Wildman–Crippen MR) is 302 cm³/mol. The van der Waals surface area contributed by atoms with Crippen LogP contribution in [0, 0.1) is 22.7 Å². The molecule has 0 bridgehead atoms. The zero-order valence-electron chi connectivity index (χ0n) is 39.0. The summed E-state index contributed by atoms with van der Waals surface area (Å²) in [5.41, 5.74) is 13.9. The second kappa shape index (κ2) is 14.9. The molecule has 0 amide bonds. The molecule has 0 radical (unpaired) electrons. The molecule has 0 aliphatic heterocycles. The lowest BCUT2D eigenvalue weighted by Crippen LogP contribution is -2.14. The number of hydrogen-bond donors (Lipinski definition) is 0. The Morgan fingerprint density at radius 1 is 0.425 bits per heavy atom. The average molecular weight is 948 g/mol. The molecule has 0 unspecified atom stereocenters. The van der Waals surface area contributed by atoms with Crippen molar-refractivity contribution < 1.29 is 4.42 Å². The fourth-order valence-electron chi connectivity index (χ4n) is 12.6. The SMILES string of the molecule is N#Cc1c(-n2c3ccccc3c3ccccc32)c(-c2ccc3sc4ccccc4c3c2)c(-n2c3ccccc3c3ccccc32)c(C#N)c1-n1c2cc3oc4ccccc4c3cc2c2c3c(ccc21)CCC=C3. The van der Waals surface area contributed by atoms with Gasteiger partial charge in [0.2, 0.25) is 0 Å². The van der Waals surface area contributed by atoms with Crippen LogP contribution in [0.25, 0.3) is 142 Å². The van der Waals surface area contributed by atoms with E-state index in [1.54, 1.807) is 11.3 Å². The van der Waals surface area contributed by atoms with Crippen LogP contribution in [0.2, 0.25) is 0 Å². The Kier molecular flexibility index (Phi) is 8.20. The predicted octanol–water partition coefficient (Wildman–Crippen LogP) is 17.6. The second-order valence-corrected chi connectivity index (χ2v) is 20.3. The van der Waals surface area contributed by atoms with Gasteiger partial charge in [-0.2, -0.15) is 10.5 Å². The van der Waals surface area contributed by atoms with Crippen LogP contribution in [0.3, 0.4) is 0 Å². The largest absolute Gasteiger partial charge is 0.456 e. The van der Waals surface area contributed by atoms with Crippen molar-refractivity contribution in [3.05, 3.63) is 216 Å². The molecule has 0 saturated heterocycles. The molecule has 0 fully saturated rings. The van der Waals surface area contributed by atoms with Gasteiger partial charge in [-0.05, 0) is 90.2 Å². The van der Waals surface area contributed by atoms with Gasteiger partial charge in [0.05, 0.1) is 50.2 Å². The fourth-order valence-corrected chi connectivity index (χ4v) is 13.6. The highest BCUT2D eigenvalue weighted by Gasteiger charge is 2.34. The van der Waals surface area contributed by atoms with Crippen LogP contribution < -0.4 is 0 Å². The molecule has 7 heteroatoms. The molecular formula is C66H37N5OS. The minimum Gasteiger partial charge on any atom is -0.456 e. The summed E-state index contributed by atoms with van der Waals surface area (Å²) in [4.78, 5) is 0. The second-order valence-electron chi connectivity index (χ2n) is 19.2. The van der Waals surface area contributed by atoms with Crippen LogP contribution >= 0.6 is 11.3 Å². The van der Waals surface area contributed by atoms with E-state index in [1.807, 2.05) is 12.1 Å². The van der Waals surface area contributed by atoms with Crippen molar-refractivity contribution in [2.45, 2.75) is 12.8 Å². The molecule has 10 aromatic carbocycles. The summed E-state index contributed by atoms with van der Waals surface area (Å²) in [5.74, 6) is 0. The zero-order valence-corrected chi connectivity index (χ0v) is 39.8. The standard InChI is InChI=1S/C66H37N5OS/c67-36-50-64(71-56-31-29-38-15-1-2-16-40(38)63(56)49-34-47-45-21-7-13-27-58(45)72-59(47)35-57(49)71)51(37-68)66(70-54-25-11-5-19-43(54)44-20-6-12-26-55(44)70)62(39-30-32-61-48(33-39)46-22-8-14-28-60(46)73-61)65(50)69-52-23-9-3-17-41(52)42-18-4-10-24-53(42)69/h2-14,16-35H,1,15H2. The number of nitrogens with zero attached hydrogens (tertiary/aromatic N) is 5. The van der Waals surface area contributed by atoms with Crippen molar-refractivity contribution in [2.75, 3.05) is 0 Å². The van der Waals surface area contributed by atoms with E-state index in [1.165, 1.54) is 20.3 Å². The van der Waals surface area contributed by atoms with Gasteiger partial charge in [-0.25, -0.2) is 0 Å². The molecule has 6 nitrogen and oxygen atoms in total. The maximum Gasteiger partial charge on any atom is 0.137 e. The van der Waals surface area contributed by atoms with Crippen LogP contribution in [0.4, 0.5) is 0 Å². The molecule has 5 heterocycles.